The van der Waals surface area contributed by atoms with Crippen molar-refractivity contribution in [3.05, 3.63) is 71.9 Å². The van der Waals surface area contributed by atoms with Gasteiger partial charge < -0.3 is 14.6 Å². The van der Waals surface area contributed by atoms with Gasteiger partial charge in [-0.25, -0.2) is 17.9 Å². The zero-order valence-electron chi connectivity index (χ0n) is 16.6. The van der Waals surface area contributed by atoms with E-state index in [9.17, 15) is 13.2 Å². The highest BCUT2D eigenvalue weighted by Crippen LogP contribution is 2.19. The molecule has 1 aliphatic heterocycles. The second-order valence-electron chi connectivity index (χ2n) is 7.45. The van der Waals surface area contributed by atoms with Crippen LogP contribution in [0.15, 0.2) is 60.8 Å². The van der Waals surface area contributed by atoms with Gasteiger partial charge in [0.25, 0.3) is 0 Å². The zero-order chi connectivity index (χ0) is 21.0. The van der Waals surface area contributed by atoms with Crippen molar-refractivity contribution in [1.82, 2.24) is 14.6 Å². The third-order valence-electron chi connectivity index (χ3n) is 5.42. The summed E-state index contributed by atoms with van der Waals surface area (Å²) in [5.74, 6) is 0. The summed E-state index contributed by atoms with van der Waals surface area (Å²) in [6.45, 7) is 1.02. The second kappa shape index (κ2) is 8.89. The first-order chi connectivity index (χ1) is 14.5. The van der Waals surface area contributed by atoms with E-state index in [4.69, 9.17) is 4.74 Å². The maximum atomic E-state index is 12.7. The molecule has 158 valence electrons. The van der Waals surface area contributed by atoms with Crippen molar-refractivity contribution in [1.29, 1.82) is 0 Å². The predicted octanol–water partition coefficient (Wildman–Crippen LogP) is 3.04. The number of para-hydroxylation sites is 1. The third-order valence-corrected chi connectivity index (χ3v) is 7.29. The number of amides is 1. The summed E-state index contributed by atoms with van der Waals surface area (Å²) in [5, 5.41) is 0.481. The van der Waals surface area contributed by atoms with Gasteiger partial charge in [-0.1, -0.05) is 48.5 Å². The molecule has 0 radical (unpaired) electrons. The second-order valence-corrected chi connectivity index (χ2v) is 9.49. The molecule has 3 aromatic rings. The maximum Gasteiger partial charge on any atom is 0.410 e. The smallest absolute Gasteiger partial charge is 0.410 e. The highest BCUT2D eigenvalue weighted by Gasteiger charge is 2.35. The molecule has 2 aromatic carbocycles. The van der Waals surface area contributed by atoms with Gasteiger partial charge >= 0.3 is 6.09 Å². The lowest BCUT2D eigenvalue weighted by atomic mass is 10.1. The number of ether oxygens (including phenoxy) is 1. The van der Waals surface area contributed by atoms with Crippen LogP contribution < -0.4 is 4.72 Å². The highest BCUT2D eigenvalue weighted by molar-refractivity contribution is 7.90. The van der Waals surface area contributed by atoms with Gasteiger partial charge in [0.15, 0.2) is 0 Å². The lowest BCUT2D eigenvalue weighted by Crippen LogP contribution is -2.38. The highest BCUT2D eigenvalue weighted by atomic mass is 32.2. The average molecular weight is 428 g/mol. The number of aromatic amines is 1. The fraction of sp³-hybridized carbons (Fsp3) is 0.318. The Morgan fingerprint density at radius 1 is 1.13 bits per heavy atom. The molecule has 1 fully saturated rings. The molecule has 2 heterocycles. The molecule has 0 unspecified atom stereocenters. The number of sulfonamides is 1. The van der Waals surface area contributed by atoms with Gasteiger partial charge in [-0.15, -0.1) is 0 Å². The minimum Gasteiger partial charge on any atom is -0.445 e. The number of rotatable bonds is 7. The van der Waals surface area contributed by atoms with Crippen molar-refractivity contribution < 1.29 is 17.9 Å². The number of aromatic nitrogens is 1. The number of nitrogens with one attached hydrogen (secondary N) is 2. The SMILES string of the molecule is O=C(OCc1ccccc1)N1CC[C@H](S(=O)(=O)NCCc2c[nH]c3ccccc23)C1. The van der Waals surface area contributed by atoms with Crippen LogP contribution in [-0.4, -0.2) is 49.3 Å². The first kappa shape index (κ1) is 20.4. The molecule has 7 nitrogen and oxygen atoms in total. The van der Waals surface area contributed by atoms with Crippen molar-refractivity contribution in [3.8, 4) is 0 Å². The van der Waals surface area contributed by atoms with Crippen LogP contribution in [0.1, 0.15) is 17.5 Å². The Labute approximate surface area is 176 Å². The summed E-state index contributed by atoms with van der Waals surface area (Å²) >= 11 is 0. The lowest BCUT2D eigenvalue weighted by molar-refractivity contribution is 0.104. The number of fused-ring (bicyclic) bond motifs is 1. The summed E-state index contributed by atoms with van der Waals surface area (Å²) in [6.07, 6.45) is 2.44. The molecule has 0 bridgehead atoms. The fourth-order valence-corrected chi connectivity index (χ4v) is 5.16. The standard InChI is InChI=1S/C22H25N3O4S/c26-22(29-16-17-6-2-1-3-7-17)25-13-11-19(15-25)30(27,28)24-12-10-18-14-23-21-9-5-4-8-20(18)21/h1-9,14,19,23-24H,10-13,15-16H2/t19-/m0/s1. The number of carbonyl (C=O) groups excluding carboxylic acids is 1. The largest absolute Gasteiger partial charge is 0.445 e. The molecule has 0 aliphatic carbocycles. The summed E-state index contributed by atoms with van der Waals surface area (Å²) in [4.78, 5) is 16.9. The van der Waals surface area contributed by atoms with E-state index in [0.29, 0.717) is 25.9 Å². The van der Waals surface area contributed by atoms with E-state index in [2.05, 4.69) is 9.71 Å². The van der Waals surface area contributed by atoms with Crippen molar-refractivity contribution in [2.24, 2.45) is 0 Å². The molecule has 0 spiro atoms. The molecular formula is C22H25N3O4S. The third kappa shape index (κ3) is 4.66. The van der Waals surface area contributed by atoms with Gasteiger partial charge in [0.1, 0.15) is 6.61 Å². The van der Waals surface area contributed by atoms with Crippen LogP contribution in [0.25, 0.3) is 10.9 Å². The van der Waals surface area contributed by atoms with Crippen LogP contribution >= 0.6 is 0 Å². The minimum atomic E-state index is -3.51. The molecule has 1 atom stereocenters. The minimum absolute atomic E-state index is 0.149. The molecule has 1 saturated heterocycles. The molecule has 30 heavy (non-hydrogen) atoms. The summed E-state index contributed by atoms with van der Waals surface area (Å²) in [6, 6.07) is 17.3. The number of H-pyrrole nitrogens is 1. The zero-order valence-corrected chi connectivity index (χ0v) is 17.4. The molecule has 1 amide bonds. The van der Waals surface area contributed by atoms with Crippen molar-refractivity contribution >= 4 is 27.0 Å². The molecular weight excluding hydrogens is 402 g/mol. The van der Waals surface area contributed by atoms with Crippen LogP contribution in [0.2, 0.25) is 0 Å². The molecule has 0 saturated carbocycles. The van der Waals surface area contributed by atoms with E-state index in [1.807, 2.05) is 60.8 Å². The Morgan fingerprint density at radius 2 is 1.90 bits per heavy atom. The molecule has 1 aliphatic rings. The van der Waals surface area contributed by atoms with Gasteiger partial charge in [-0.2, -0.15) is 0 Å². The molecule has 1 aromatic heterocycles. The lowest BCUT2D eigenvalue weighted by Gasteiger charge is -2.17. The topological polar surface area (TPSA) is 91.5 Å². The van der Waals surface area contributed by atoms with Gasteiger partial charge in [0.2, 0.25) is 10.0 Å². The van der Waals surface area contributed by atoms with Crippen LogP contribution in [0.4, 0.5) is 4.79 Å². The fourth-order valence-electron chi connectivity index (χ4n) is 3.74. The normalized spacial score (nSPS) is 16.8. The van der Waals surface area contributed by atoms with E-state index >= 15 is 0 Å². The van der Waals surface area contributed by atoms with E-state index in [-0.39, 0.29) is 13.2 Å². The summed E-state index contributed by atoms with van der Waals surface area (Å²) < 4.78 is 33.4. The van der Waals surface area contributed by atoms with Gasteiger partial charge in [0.05, 0.1) is 5.25 Å². The van der Waals surface area contributed by atoms with Crippen LogP contribution in [-0.2, 0) is 27.8 Å². The first-order valence-corrected chi connectivity index (χ1v) is 11.6. The number of benzene rings is 2. The number of hydrogen-bond acceptors (Lipinski definition) is 4. The number of hydrogen-bond donors (Lipinski definition) is 2. The summed E-state index contributed by atoms with van der Waals surface area (Å²) in [7, 11) is -3.51. The summed E-state index contributed by atoms with van der Waals surface area (Å²) in [5.41, 5.74) is 3.01. The Hall–Kier alpha value is -2.84. The van der Waals surface area contributed by atoms with Crippen LogP contribution in [0.5, 0.6) is 0 Å². The van der Waals surface area contributed by atoms with Crippen molar-refractivity contribution in [3.63, 3.8) is 0 Å². The van der Waals surface area contributed by atoms with Crippen molar-refractivity contribution in [2.75, 3.05) is 19.6 Å². The van der Waals surface area contributed by atoms with E-state index in [0.717, 1.165) is 22.0 Å². The number of nitrogens with zero attached hydrogens (tertiary/aromatic N) is 1. The number of carbonyl (C=O) groups is 1. The van der Waals surface area contributed by atoms with E-state index in [1.165, 1.54) is 4.90 Å². The molecule has 4 rings (SSSR count). The monoisotopic (exact) mass is 427 g/mol. The van der Waals surface area contributed by atoms with E-state index < -0.39 is 21.4 Å². The molecule has 2 N–H and O–H groups in total. The van der Waals surface area contributed by atoms with Crippen LogP contribution in [0.3, 0.4) is 0 Å². The predicted molar refractivity (Wildman–Crippen MR) is 116 cm³/mol. The van der Waals surface area contributed by atoms with Crippen LogP contribution in [0, 0.1) is 0 Å². The average Bonchev–Trinajstić information content (AvgIpc) is 3.41. The van der Waals surface area contributed by atoms with Gasteiger partial charge in [-0.3, -0.25) is 0 Å². The van der Waals surface area contributed by atoms with Gasteiger partial charge in [0, 0.05) is 36.7 Å². The van der Waals surface area contributed by atoms with Gasteiger partial charge in [-0.05, 0) is 30.0 Å². The Balaban J connectivity index is 1.27. The quantitative estimate of drug-likeness (QED) is 0.606. The molecule has 8 heteroatoms. The first-order valence-electron chi connectivity index (χ1n) is 10.0. The van der Waals surface area contributed by atoms with E-state index in [1.54, 1.807) is 0 Å². The maximum absolute atomic E-state index is 12.7. The number of likely N-dealkylation sites (tertiary alicyclic amines) is 1. The Bertz CT molecular complexity index is 1110. The Kier molecular flexibility index (Phi) is 6.06. The Morgan fingerprint density at radius 3 is 2.73 bits per heavy atom. The van der Waals surface area contributed by atoms with Crippen molar-refractivity contribution in [2.45, 2.75) is 24.7 Å².